The summed E-state index contributed by atoms with van der Waals surface area (Å²) in [6, 6.07) is 9.75. The van der Waals surface area contributed by atoms with E-state index < -0.39 is 0 Å². The van der Waals surface area contributed by atoms with Crippen molar-refractivity contribution in [2.45, 2.75) is 18.9 Å². The highest BCUT2D eigenvalue weighted by Gasteiger charge is 2.24. The molecule has 0 aliphatic heterocycles. The molecule has 1 aromatic carbocycles. The summed E-state index contributed by atoms with van der Waals surface area (Å²) in [7, 11) is 1.59. The van der Waals surface area contributed by atoms with Crippen molar-refractivity contribution in [3.8, 4) is 16.5 Å². The molecule has 0 spiro atoms. The molecule has 4 rings (SSSR count). The molecule has 3 aromatic rings. The summed E-state index contributed by atoms with van der Waals surface area (Å²) in [5, 5.41) is 3.89. The van der Waals surface area contributed by atoms with Gasteiger partial charge in [-0.25, -0.2) is 9.97 Å². The molecule has 0 saturated heterocycles. The number of aromatic nitrogens is 2. The number of rotatable bonds is 4. The van der Waals surface area contributed by atoms with Crippen LogP contribution in [-0.2, 0) is 0 Å². The van der Waals surface area contributed by atoms with Crippen molar-refractivity contribution in [3.05, 3.63) is 42.1 Å². The molecule has 1 fully saturated rings. The second-order valence-corrected chi connectivity index (χ2v) is 6.57. The number of nitrogens with one attached hydrogen (secondary N) is 1. The smallest absolute Gasteiger partial charge is 0.251 e. The van der Waals surface area contributed by atoms with E-state index in [0.717, 1.165) is 33.6 Å². The predicted molar refractivity (Wildman–Crippen MR) is 89.9 cm³/mol. The SMILES string of the molecule is COc1ccc(-c2nc3ccc(C(=O)NC4CC4)cc3s2)cn1. The normalized spacial score (nSPS) is 14.0. The van der Waals surface area contributed by atoms with Crippen LogP contribution in [0.25, 0.3) is 20.8 Å². The molecule has 1 aliphatic carbocycles. The van der Waals surface area contributed by atoms with Crippen molar-refractivity contribution in [2.75, 3.05) is 7.11 Å². The summed E-state index contributed by atoms with van der Waals surface area (Å²) in [4.78, 5) is 21.0. The second-order valence-electron chi connectivity index (χ2n) is 5.54. The zero-order valence-corrected chi connectivity index (χ0v) is 13.4. The van der Waals surface area contributed by atoms with Gasteiger partial charge >= 0.3 is 0 Å². The Kier molecular flexibility index (Phi) is 3.46. The fraction of sp³-hybridized carbons (Fsp3) is 0.235. The van der Waals surface area contributed by atoms with Gasteiger partial charge in [0.25, 0.3) is 5.91 Å². The number of pyridine rings is 1. The molecule has 1 saturated carbocycles. The Morgan fingerprint density at radius 1 is 1.30 bits per heavy atom. The third-order valence-corrected chi connectivity index (χ3v) is 4.82. The lowest BCUT2D eigenvalue weighted by atomic mass is 10.2. The van der Waals surface area contributed by atoms with E-state index >= 15 is 0 Å². The van der Waals surface area contributed by atoms with Crippen molar-refractivity contribution in [2.24, 2.45) is 0 Å². The minimum absolute atomic E-state index is 0.00420. The minimum Gasteiger partial charge on any atom is -0.481 e. The molecule has 0 radical (unpaired) electrons. The van der Waals surface area contributed by atoms with Gasteiger partial charge in [-0.3, -0.25) is 4.79 Å². The fourth-order valence-electron chi connectivity index (χ4n) is 2.31. The van der Waals surface area contributed by atoms with Crippen molar-refractivity contribution in [1.29, 1.82) is 0 Å². The van der Waals surface area contributed by atoms with E-state index in [2.05, 4.69) is 15.3 Å². The van der Waals surface area contributed by atoms with Gasteiger partial charge in [0.05, 0.1) is 17.3 Å². The lowest BCUT2D eigenvalue weighted by Crippen LogP contribution is -2.25. The van der Waals surface area contributed by atoms with Crippen LogP contribution in [0.15, 0.2) is 36.5 Å². The number of carbonyl (C=O) groups is 1. The number of hydrogen-bond donors (Lipinski definition) is 1. The van der Waals surface area contributed by atoms with Gasteiger partial charge in [0.15, 0.2) is 0 Å². The average Bonchev–Trinajstić information content (AvgIpc) is 3.29. The fourth-order valence-corrected chi connectivity index (χ4v) is 3.31. The Labute approximate surface area is 137 Å². The van der Waals surface area contributed by atoms with Crippen LogP contribution in [0.3, 0.4) is 0 Å². The van der Waals surface area contributed by atoms with Crippen LogP contribution >= 0.6 is 11.3 Å². The molecule has 1 aliphatic rings. The lowest BCUT2D eigenvalue weighted by Gasteiger charge is -2.02. The van der Waals surface area contributed by atoms with Crippen LogP contribution in [0.4, 0.5) is 0 Å². The van der Waals surface area contributed by atoms with Crippen molar-refractivity contribution in [3.63, 3.8) is 0 Å². The van der Waals surface area contributed by atoms with Gasteiger partial charge in [-0.05, 0) is 37.1 Å². The van der Waals surface area contributed by atoms with E-state index in [1.807, 2.05) is 30.3 Å². The minimum atomic E-state index is -0.00420. The van der Waals surface area contributed by atoms with E-state index in [0.29, 0.717) is 17.5 Å². The highest BCUT2D eigenvalue weighted by atomic mass is 32.1. The molecule has 116 valence electrons. The summed E-state index contributed by atoms with van der Waals surface area (Å²) in [6.07, 6.45) is 3.92. The zero-order valence-electron chi connectivity index (χ0n) is 12.6. The van der Waals surface area contributed by atoms with Gasteiger partial charge in [0.1, 0.15) is 5.01 Å². The Bertz CT molecular complexity index is 869. The molecule has 23 heavy (non-hydrogen) atoms. The molecule has 2 aromatic heterocycles. The van der Waals surface area contributed by atoms with E-state index in [1.165, 1.54) is 0 Å². The monoisotopic (exact) mass is 325 g/mol. The second kappa shape index (κ2) is 5.62. The molecular formula is C17H15N3O2S. The maximum atomic E-state index is 12.1. The van der Waals surface area contributed by atoms with Crippen LogP contribution in [0.2, 0.25) is 0 Å². The number of amides is 1. The zero-order chi connectivity index (χ0) is 15.8. The summed E-state index contributed by atoms with van der Waals surface area (Å²) in [6.45, 7) is 0. The number of methoxy groups -OCH3 is 1. The number of carbonyl (C=O) groups excluding carboxylic acids is 1. The van der Waals surface area contributed by atoms with Crippen molar-refractivity contribution >= 4 is 27.5 Å². The van der Waals surface area contributed by atoms with Crippen LogP contribution in [0, 0.1) is 0 Å². The number of benzene rings is 1. The molecule has 0 unspecified atom stereocenters. The van der Waals surface area contributed by atoms with Gasteiger partial charge in [-0.1, -0.05) is 0 Å². The third kappa shape index (κ3) is 2.90. The first-order chi connectivity index (χ1) is 11.2. The van der Waals surface area contributed by atoms with Crippen molar-refractivity contribution < 1.29 is 9.53 Å². The van der Waals surface area contributed by atoms with E-state index in [1.54, 1.807) is 24.6 Å². The Morgan fingerprint density at radius 3 is 2.87 bits per heavy atom. The first kappa shape index (κ1) is 14.1. The maximum absolute atomic E-state index is 12.1. The average molecular weight is 325 g/mol. The van der Waals surface area contributed by atoms with Gasteiger partial charge in [0.2, 0.25) is 5.88 Å². The largest absolute Gasteiger partial charge is 0.481 e. The summed E-state index contributed by atoms with van der Waals surface area (Å²) in [5.74, 6) is 0.573. The first-order valence-electron chi connectivity index (χ1n) is 7.45. The van der Waals surface area contributed by atoms with Crippen LogP contribution in [0.1, 0.15) is 23.2 Å². The van der Waals surface area contributed by atoms with E-state index in [9.17, 15) is 4.79 Å². The van der Waals surface area contributed by atoms with Gasteiger partial charge in [-0.2, -0.15) is 0 Å². The molecule has 1 N–H and O–H groups in total. The highest BCUT2D eigenvalue weighted by Crippen LogP contribution is 2.31. The van der Waals surface area contributed by atoms with Crippen molar-refractivity contribution in [1.82, 2.24) is 15.3 Å². The molecule has 0 atom stereocenters. The standard InChI is InChI=1S/C17H15N3O2S/c1-22-15-7-3-11(9-18-15)17-20-13-6-2-10(8-14(13)23-17)16(21)19-12-4-5-12/h2-3,6-9,12H,4-5H2,1H3,(H,19,21). The van der Waals surface area contributed by atoms with Crippen LogP contribution in [-0.4, -0.2) is 29.0 Å². The molecule has 6 heteroatoms. The summed E-state index contributed by atoms with van der Waals surface area (Å²) in [5.41, 5.74) is 2.52. The molecule has 2 heterocycles. The Balaban J connectivity index is 1.65. The number of hydrogen-bond acceptors (Lipinski definition) is 5. The number of nitrogens with zero attached hydrogens (tertiary/aromatic N) is 2. The van der Waals surface area contributed by atoms with Gasteiger partial charge in [-0.15, -0.1) is 11.3 Å². The number of ether oxygens (including phenoxy) is 1. The Hall–Kier alpha value is -2.47. The van der Waals surface area contributed by atoms with Gasteiger partial charge in [0, 0.05) is 29.4 Å². The number of thiazole rings is 1. The molecule has 0 bridgehead atoms. The van der Waals surface area contributed by atoms with Crippen LogP contribution < -0.4 is 10.1 Å². The van der Waals surface area contributed by atoms with E-state index in [-0.39, 0.29) is 5.91 Å². The molecule has 5 nitrogen and oxygen atoms in total. The molecular weight excluding hydrogens is 310 g/mol. The van der Waals surface area contributed by atoms with Crippen LogP contribution in [0.5, 0.6) is 5.88 Å². The lowest BCUT2D eigenvalue weighted by molar-refractivity contribution is 0.0951. The summed E-state index contributed by atoms with van der Waals surface area (Å²) >= 11 is 1.56. The van der Waals surface area contributed by atoms with E-state index in [4.69, 9.17) is 4.74 Å². The topological polar surface area (TPSA) is 64.1 Å². The Morgan fingerprint density at radius 2 is 2.17 bits per heavy atom. The number of fused-ring (bicyclic) bond motifs is 1. The predicted octanol–water partition coefficient (Wildman–Crippen LogP) is 3.26. The maximum Gasteiger partial charge on any atom is 0.251 e. The quantitative estimate of drug-likeness (QED) is 0.800. The summed E-state index contributed by atoms with van der Waals surface area (Å²) < 4.78 is 6.07. The first-order valence-corrected chi connectivity index (χ1v) is 8.26. The third-order valence-electron chi connectivity index (χ3n) is 3.76. The highest BCUT2D eigenvalue weighted by molar-refractivity contribution is 7.21. The molecule has 1 amide bonds. The van der Waals surface area contributed by atoms with Gasteiger partial charge < -0.3 is 10.1 Å².